The predicted octanol–water partition coefficient (Wildman–Crippen LogP) is 3.62. The Bertz CT molecular complexity index is 701. The van der Waals surface area contributed by atoms with Gasteiger partial charge in [0.15, 0.2) is 0 Å². The Morgan fingerprint density at radius 3 is 2.16 bits per heavy atom. The van der Waals surface area contributed by atoms with Crippen molar-refractivity contribution in [2.45, 2.75) is 26.1 Å². The summed E-state index contributed by atoms with van der Waals surface area (Å²) < 4.78 is 16.6. The molecule has 0 aliphatic heterocycles. The van der Waals surface area contributed by atoms with Crippen LogP contribution >= 0.6 is 0 Å². The third kappa shape index (κ3) is 5.24. The quantitative estimate of drug-likeness (QED) is 0.644. The standard InChI is InChI=1S/C20H23NO4/c1-16-6-2-3-9-20(16)25-15-17(22)12-21(13-18-7-4-10-23-18)14-19-8-5-11-24-19/h2-11,17,22H,12-15H2,1H3. The molecule has 3 rings (SSSR count). The van der Waals surface area contributed by atoms with Crippen LogP contribution in [-0.4, -0.2) is 29.3 Å². The molecule has 0 amide bonds. The van der Waals surface area contributed by atoms with Gasteiger partial charge in [0.25, 0.3) is 0 Å². The summed E-state index contributed by atoms with van der Waals surface area (Å²) >= 11 is 0. The van der Waals surface area contributed by atoms with Gasteiger partial charge < -0.3 is 18.7 Å². The summed E-state index contributed by atoms with van der Waals surface area (Å²) in [7, 11) is 0. The average Bonchev–Trinajstić information content (AvgIpc) is 3.28. The topological polar surface area (TPSA) is 59.0 Å². The summed E-state index contributed by atoms with van der Waals surface area (Å²) in [5.41, 5.74) is 1.05. The number of ether oxygens (including phenoxy) is 1. The van der Waals surface area contributed by atoms with E-state index in [-0.39, 0.29) is 6.61 Å². The van der Waals surface area contributed by atoms with Crippen molar-refractivity contribution in [1.82, 2.24) is 4.90 Å². The molecule has 5 heteroatoms. The Balaban J connectivity index is 1.57. The van der Waals surface area contributed by atoms with Crippen LogP contribution in [0.15, 0.2) is 69.9 Å². The summed E-state index contributed by atoms with van der Waals surface area (Å²) in [5, 5.41) is 10.4. The minimum Gasteiger partial charge on any atom is -0.491 e. The number of benzene rings is 1. The third-order valence-electron chi connectivity index (χ3n) is 3.91. The molecule has 0 saturated heterocycles. The van der Waals surface area contributed by atoms with Gasteiger partial charge in [0.1, 0.15) is 30.0 Å². The van der Waals surface area contributed by atoms with Crippen LogP contribution in [0.1, 0.15) is 17.1 Å². The summed E-state index contributed by atoms with van der Waals surface area (Å²) in [5.74, 6) is 2.49. The first-order valence-corrected chi connectivity index (χ1v) is 8.34. The predicted molar refractivity (Wildman–Crippen MR) is 94.2 cm³/mol. The molecule has 2 aromatic heterocycles. The van der Waals surface area contributed by atoms with Crippen LogP contribution in [-0.2, 0) is 13.1 Å². The molecule has 1 unspecified atom stereocenters. The molecule has 132 valence electrons. The van der Waals surface area contributed by atoms with Crippen LogP contribution < -0.4 is 4.74 Å². The van der Waals surface area contributed by atoms with Gasteiger partial charge >= 0.3 is 0 Å². The van der Waals surface area contributed by atoms with Crippen LogP contribution in [0.3, 0.4) is 0 Å². The first-order valence-electron chi connectivity index (χ1n) is 8.34. The van der Waals surface area contributed by atoms with Gasteiger partial charge in [-0.1, -0.05) is 18.2 Å². The fourth-order valence-electron chi connectivity index (χ4n) is 2.69. The molecule has 0 saturated carbocycles. The first-order chi connectivity index (χ1) is 12.2. The highest BCUT2D eigenvalue weighted by Gasteiger charge is 2.16. The smallest absolute Gasteiger partial charge is 0.122 e. The number of aliphatic hydroxyl groups is 1. The number of rotatable bonds is 9. The van der Waals surface area contributed by atoms with E-state index in [4.69, 9.17) is 13.6 Å². The zero-order chi connectivity index (χ0) is 17.5. The van der Waals surface area contributed by atoms with Crippen molar-refractivity contribution < 1.29 is 18.7 Å². The second kappa shape index (κ2) is 8.55. The van der Waals surface area contributed by atoms with Gasteiger partial charge in [-0.2, -0.15) is 0 Å². The maximum Gasteiger partial charge on any atom is 0.122 e. The van der Waals surface area contributed by atoms with E-state index in [0.717, 1.165) is 22.8 Å². The molecular formula is C20H23NO4. The summed E-state index contributed by atoms with van der Waals surface area (Å²) in [6.07, 6.45) is 2.68. The summed E-state index contributed by atoms with van der Waals surface area (Å²) in [4.78, 5) is 2.07. The second-order valence-electron chi connectivity index (χ2n) is 6.06. The molecule has 0 aliphatic rings. The van der Waals surface area contributed by atoms with Crippen LogP contribution in [0.5, 0.6) is 5.75 Å². The minimum atomic E-state index is -0.621. The normalized spacial score (nSPS) is 12.4. The van der Waals surface area contributed by atoms with Gasteiger partial charge in [0.05, 0.1) is 25.6 Å². The Morgan fingerprint density at radius 2 is 1.60 bits per heavy atom. The van der Waals surface area contributed by atoms with E-state index in [9.17, 15) is 5.11 Å². The van der Waals surface area contributed by atoms with E-state index in [1.165, 1.54) is 0 Å². The van der Waals surface area contributed by atoms with Gasteiger partial charge in [-0.05, 0) is 42.8 Å². The van der Waals surface area contributed by atoms with E-state index in [1.54, 1.807) is 12.5 Å². The van der Waals surface area contributed by atoms with Crippen LogP contribution in [0.4, 0.5) is 0 Å². The van der Waals surface area contributed by atoms with Gasteiger partial charge in [-0.25, -0.2) is 0 Å². The lowest BCUT2D eigenvalue weighted by Crippen LogP contribution is -2.35. The lowest BCUT2D eigenvalue weighted by molar-refractivity contribution is 0.0578. The fraction of sp³-hybridized carbons (Fsp3) is 0.300. The lowest BCUT2D eigenvalue weighted by Gasteiger charge is -2.23. The zero-order valence-corrected chi connectivity index (χ0v) is 14.3. The van der Waals surface area contributed by atoms with Crippen molar-refractivity contribution in [3.63, 3.8) is 0 Å². The highest BCUT2D eigenvalue weighted by molar-refractivity contribution is 5.31. The molecular weight excluding hydrogens is 318 g/mol. The molecule has 0 bridgehead atoms. The maximum absolute atomic E-state index is 10.4. The lowest BCUT2D eigenvalue weighted by atomic mass is 10.2. The number of aryl methyl sites for hydroxylation is 1. The van der Waals surface area contributed by atoms with E-state index in [1.807, 2.05) is 55.5 Å². The molecule has 2 heterocycles. The fourth-order valence-corrected chi connectivity index (χ4v) is 2.69. The van der Waals surface area contributed by atoms with E-state index in [0.29, 0.717) is 19.6 Å². The number of hydrogen-bond donors (Lipinski definition) is 1. The van der Waals surface area contributed by atoms with E-state index >= 15 is 0 Å². The van der Waals surface area contributed by atoms with Crippen molar-refractivity contribution in [1.29, 1.82) is 0 Å². The minimum absolute atomic E-state index is 0.234. The Morgan fingerprint density at radius 1 is 0.960 bits per heavy atom. The van der Waals surface area contributed by atoms with Crippen molar-refractivity contribution in [3.8, 4) is 5.75 Å². The van der Waals surface area contributed by atoms with Gasteiger partial charge in [-0.3, -0.25) is 4.90 Å². The number of para-hydroxylation sites is 1. The maximum atomic E-state index is 10.4. The van der Waals surface area contributed by atoms with Crippen LogP contribution in [0, 0.1) is 6.92 Å². The molecule has 0 aliphatic carbocycles. The van der Waals surface area contributed by atoms with E-state index < -0.39 is 6.10 Å². The summed E-state index contributed by atoms with van der Waals surface area (Å²) in [6, 6.07) is 15.3. The molecule has 1 N–H and O–H groups in total. The monoisotopic (exact) mass is 341 g/mol. The van der Waals surface area contributed by atoms with Gasteiger partial charge in [0, 0.05) is 6.54 Å². The number of aliphatic hydroxyl groups excluding tert-OH is 1. The van der Waals surface area contributed by atoms with Crippen molar-refractivity contribution in [2.75, 3.05) is 13.2 Å². The average molecular weight is 341 g/mol. The molecule has 1 atom stereocenters. The number of nitrogens with zero attached hydrogens (tertiary/aromatic N) is 1. The van der Waals surface area contributed by atoms with Gasteiger partial charge in [0.2, 0.25) is 0 Å². The van der Waals surface area contributed by atoms with E-state index in [2.05, 4.69) is 4.90 Å². The van der Waals surface area contributed by atoms with Crippen molar-refractivity contribution in [3.05, 3.63) is 78.1 Å². The van der Waals surface area contributed by atoms with Gasteiger partial charge in [-0.15, -0.1) is 0 Å². The van der Waals surface area contributed by atoms with Crippen molar-refractivity contribution >= 4 is 0 Å². The Kier molecular flexibility index (Phi) is 5.93. The second-order valence-corrected chi connectivity index (χ2v) is 6.06. The molecule has 25 heavy (non-hydrogen) atoms. The summed E-state index contributed by atoms with van der Waals surface area (Å²) in [6.45, 7) is 3.86. The third-order valence-corrected chi connectivity index (χ3v) is 3.91. The van der Waals surface area contributed by atoms with Crippen LogP contribution in [0.25, 0.3) is 0 Å². The molecule has 3 aromatic rings. The molecule has 1 aromatic carbocycles. The molecule has 5 nitrogen and oxygen atoms in total. The number of hydrogen-bond acceptors (Lipinski definition) is 5. The zero-order valence-electron chi connectivity index (χ0n) is 14.3. The first kappa shape index (κ1) is 17.3. The number of furan rings is 2. The largest absolute Gasteiger partial charge is 0.491 e. The SMILES string of the molecule is Cc1ccccc1OCC(O)CN(Cc1ccco1)Cc1ccco1. The Labute approximate surface area is 147 Å². The molecule has 0 radical (unpaired) electrons. The Hall–Kier alpha value is -2.50. The highest BCUT2D eigenvalue weighted by Crippen LogP contribution is 2.17. The highest BCUT2D eigenvalue weighted by atomic mass is 16.5. The van der Waals surface area contributed by atoms with Crippen molar-refractivity contribution in [2.24, 2.45) is 0 Å². The molecule has 0 spiro atoms. The molecule has 0 fully saturated rings. The van der Waals surface area contributed by atoms with Crippen LogP contribution in [0.2, 0.25) is 0 Å².